The molecule has 4 rings (SSSR count). The van der Waals surface area contributed by atoms with Gasteiger partial charge in [-0.3, -0.25) is 14.9 Å². The molecule has 32 heavy (non-hydrogen) atoms. The van der Waals surface area contributed by atoms with E-state index in [0.29, 0.717) is 12.1 Å². The maximum Gasteiger partial charge on any atom is 0.273 e. The third-order valence-corrected chi connectivity index (χ3v) is 5.42. The van der Waals surface area contributed by atoms with Gasteiger partial charge in [-0.25, -0.2) is 5.43 Å². The summed E-state index contributed by atoms with van der Waals surface area (Å²) >= 11 is 3.43. The van der Waals surface area contributed by atoms with Crippen LogP contribution >= 0.6 is 15.9 Å². The zero-order valence-electron chi connectivity index (χ0n) is 16.6. The number of aromatic hydroxyl groups is 1. The molecule has 160 valence electrons. The lowest BCUT2D eigenvalue weighted by molar-refractivity contribution is -0.384. The first-order valence-corrected chi connectivity index (χ1v) is 10.3. The minimum absolute atomic E-state index is 0.122. The molecule has 2 N–H and O–H groups in total. The molecule has 8 nitrogen and oxygen atoms in total. The molecule has 0 radical (unpaired) electrons. The SMILES string of the molecule is O=C(NN=Cc1cc([N+](=O)[O-])ccc1O)c1cn(Cc2ccc(Br)cc2)c2ccccc12. The molecule has 0 atom stereocenters. The van der Waals surface area contributed by atoms with Gasteiger partial charge in [0.2, 0.25) is 0 Å². The van der Waals surface area contributed by atoms with Crippen molar-refractivity contribution >= 4 is 44.6 Å². The molecule has 3 aromatic carbocycles. The van der Waals surface area contributed by atoms with Crippen LogP contribution in [-0.2, 0) is 6.54 Å². The Morgan fingerprint density at radius 2 is 1.91 bits per heavy atom. The monoisotopic (exact) mass is 492 g/mol. The van der Waals surface area contributed by atoms with Crippen molar-refractivity contribution in [1.82, 2.24) is 9.99 Å². The zero-order chi connectivity index (χ0) is 22.7. The Morgan fingerprint density at radius 3 is 2.66 bits per heavy atom. The quantitative estimate of drug-likeness (QED) is 0.228. The number of nitro benzene ring substituents is 1. The van der Waals surface area contributed by atoms with E-state index in [1.54, 1.807) is 6.20 Å². The molecule has 0 fully saturated rings. The molecule has 0 spiro atoms. The Bertz CT molecular complexity index is 1350. The largest absolute Gasteiger partial charge is 0.507 e. The fourth-order valence-electron chi connectivity index (χ4n) is 3.32. The number of non-ortho nitro benzene ring substituents is 1. The van der Waals surface area contributed by atoms with Gasteiger partial charge in [0.05, 0.1) is 16.7 Å². The fraction of sp³-hybridized carbons (Fsp3) is 0.0435. The minimum Gasteiger partial charge on any atom is -0.507 e. The molecule has 0 aliphatic rings. The number of hydrogen-bond donors (Lipinski definition) is 2. The third kappa shape index (κ3) is 4.52. The van der Waals surface area contributed by atoms with Crippen LogP contribution in [0.3, 0.4) is 0 Å². The smallest absolute Gasteiger partial charge is 0.273 e. The number of halogens is 1. The molecule has 0 aliphatic heterocycles. The minimum atomic E-state index is -0.574. The zero-order valence-corrected chi connectivity index (χ0v) is 18.2. The highest BCUT2D eigenvalue weighted by molar-refractivity contribution is 9.10. The van der Waals surface area contributed by atoms with Crippen LogP contribution in [0.25, 0.3) is 10.9 Å². The lowest BCUT2D eigenvalue weighted by Crippen LogP contribution is -2.17. The van der Waals surface area contributed by atoms with Crippen molar-refractivity contribution in [1.29, 1.82) is 0 Å². The topological polar surface area (TPSA) is 110 Å². The first-order chi connectivity index (χ1) is 15.4. The van der Waals surface area contributed by atoms with Crippen LogP contribution in [0.1, 0.15) is 21.5 Å². The summed E-state index contributed by atoms with van der Waals surface area (Å²) in [5, 5.41) is 25.4. The predicted octanol–water partition coefficient (Wildman–Crippen LogP) is 4.83. The summed E-state index contributed by atoms with van der Waals surface area (Å²) in [6, 6.07) is 19.1. The first-order valence-electron chi connectivity index (χ1n) is 9.55. The van der Waals surface area contributed by atoms with E-state index in [1.165, 1.54) is 24.4 Å². The first kappa shape index (κ1) is 21.3. The number of carbonyl (C=O) groups excluding carboxylic acids is 1. The Labute approximate surface area is 191 Å². The number of nitrogens with zero attached hydrogens (tertiary/aromatic N) is 3. The van der Waals surface area contributed by atoms with Gasteiger partial charge in [0, 0.05) is 45.8 Å². The van der Waals surface area contributed by atoms with Crippen molar-refractivity contribution in [2.45, 2.75) is 6.54 Å². The average molecular weight is 493 g/mol. The van der Waals surface area contributed by atoms with E-state index in [-0.39, 0.29) is 17.0 Å². The van der Waals surface area contributed by atoms with Crippen LogP contribution in [0.2, 0.25) is 0 Å². The molecule has 0 bridgehead atoms. The van der Waals surface area contributed by atoms with Crippen molar-refractivity contribution in [3.63, 3.8) is 0 Å². The van der Waals surface area contributed by atoms with E-state index in [2.05, 4.69) is 26.5 Å². The molecule has 9 heteroatoms. The van der Waals surface area contributed by atoms with Crippen molar-refractivity contribution in [2.24, 2.45) is 5.10 Å². The summed E-state index contributed by atoms with van der Waals surface area (Å²) < 4.78 is 2.98. The molecule has 4 aromatic rings. The Balaban J connectivity index is 1.58. The van der Waals surface area contributed by atoms with Crippen LogP contribution in [0.4, 0.5) is 5.69 Å². The lowest BCUT2D eigenvalue weighted by atomic mass is 10.1. The van der Waals surface area contributed by atoms with Crippen LogP contribution in [0, 0.1) is 10.1 Å². The van der Waals surface area contributed by atoms with Gasteiger partial charge < -0.3 is 9.67 Å². The predicted molar refractivity (Wildman–Crippen MR) is 125 cm³/mol. The Kier molecular flexibility index (Phi) is 6.00. The highest BCUT2D eigenvalue weighted by Gasteiger charge is 2.15. The summed E-state index contributed by atoms with van der Waals surface area (Å²) in [5.41, 5.74) is 4.79. The summed E-state index contributed by atoms with van der Waals surface area (Å²) in [7, 11) is 0. The average Bonchev–Trinajstić information content (AvgIpc) is 3.15. The van der Waals surface area contributed by atoms with Gasteiger partial charge in [0.25, 0.3) is 11.6 Å². The molecule has 1 heterocycles. The second-order valence-corrected chi connectivity index (χ2v) is 7.93. The molecular weight excluding hydrogens is 476 g/mol. The maximum absolute atomic E-state index is 12.8. The number of para-hydroxylation sites is 1. The number of aromatic nitrogens is 1. The number of carbonyl (C=O) groups is 1. The molecular formula is C23H17BrN4O4. The summed E-state index contributed by atoms with van der Waals surface area (Å²) in [4.78, 5) is 23.1. The van der Waals surface area contributed by atoms with Gasteiger partial charge in [-0.05, 0) is 29.8 Å². The van der Waals surface area contributed by atoms with Crippen molar-refractivity contribution in [2.75, 3.05) is 0 Å². The number of nitro groups is 1. The Morgan fingerprint density at radius 1 is 1.16 bits per heavy atom. The number of fused-ring (bicyclic) bond motifs is 1. The maximum atomic E-state index is 12.8. The molecule has 1 aromatic heterocycles. The van der Waals surface area contributed by atoms with Crippen LogP contribution in [0.5, 0.6) is 5.75 Å². The fourth-order valence-corrected chi connectivity index (χ4v) is 3.59. The number of benzene rings is 3. The van der Waals surface area contributed by atoms with E-state index in [1.807, 2.05) is 53.1 Å². The number of phenolic OH excluding ortho intramolecular Hbond substituents is 1. The van der Waals surface area contributed by atoms with Gasteiger partial charge in [-0.2, -0.15) is 5.10 Å². The second-order valence-electron chi connectivity index (χ2n) is 7.01. The van der Waals surface area contributed by atoms with Crippen molar-refractivity contribution in [3.05, 3.63) is 104 Å². The van der Waals surface area contributed by atoms with Crippen LogP contribution in [0.15, 0.2) is 82.5 Å². The number of amides is 1. The lowest BCUT2D eigenvalue weighted by Gasteiger charge is -2.05. The molecule has 0 saturated carbocycles. The highest BCUT2D eigenvalue weighted by atomic mass is 79.9. The molecule has 0 saturated heterocycles. The number of hydrazone groups is 1. The highest BCUT2D eigenvalue weighted by Crippen LogP contribution is 2.24. The summed E-state index contributed by atoms with van der Waals surface area (Å²) in [6.45, 7) is 0.589. The van der Waals surface area contributed by atoms with E-state index in [0.717, 1.165) is 20.9 Å². The molecule has 1 amide bonds. The van der Waals surface area contributed by atoms with Gasteiger partial charge in [0.1, 0.15) is 5.75 Å². The second kappa shape index (κ2) is 9.03. The van der Waals surface area contributed by atoms with Gasteiger partial charge >= 0.3 is 0 Å². The van der Waals surface area contributed by atoms with Crippen molar-refractivity contribution in [3.8, 4) is 5.75 Å². The third-order valence-electron chi connectivity index (χ3n) is 4.89. The van der Waals surface area contributed by atoms with Gasteiger partial charge in [0.15, 0.2) is 0 Å². The normalized spacial score (nSPS) is 11.2. The Hall–Kier alpha value is -3.98. The van der Waals surface area contributed by atoms with Gasteiger partial charge in [-0.1, -0.05) is 46.3 Å². The number of nitrogens with one attached hydrogen (secondary N) is 1. The molecule has 0 unspecified atom stereocenters. The van der Waals surface area contributed by atoms with Crippen LogP contribution in [-0.4, -0.2) is 26.7 Å². The van der Waals surface area contributed by atoms with Gasteiger partial charge in [-0.15, -0.1) is 0 Å². The van der Waals surface area contributed by atoms with E-state index in [4.69, 9.17) is 0 Å². The summed E-state index contributed by atoms with van der Waals surface area (Å²) in [6.07, 6.45) is 2.93. The number of hydrogen-bond acceptors (Lipinski definition) is 5. The van der Waals surface area contributed by atoms with Crippen LogP contribution < -0.4 is 5.43 Å². The van der Waals surface area contributed by atoms with Crippen molar-refractivity contribution < 1.29 is 14.8 Å². The van der Waals surface area contributed by atoms with E-state index < -0.39 is 10.8 Å². The van der Waals surface area contributed by atoms with E-state index in [9.17, 15) is 20.0 Å². The number of rotatable bonds is 6. The number of phenols is 1. The van der Waals surface area contributed by atoms with E-state index >= 15 is 0 Å². The molecule has 0 aliphatic carbocycles. The standard InChI is InChI=1S/C23H17BrN4O4/c24-17-7-5-15(6-8-17)13-27-14-20(19-3-1-2-4-21(19)27)23(30)26-25-12-16-11-18(28(31)32)9-10-22(16)29/h1-12,14,29H,13H2,(H,26,30). The summed E-state index contributed by atoms with van der Waals surface area (Å²) in [5.74, 6) is -0.614.